The molecule has 0 fully saturated rings. The standard InChI is InChI=1S/C35H26Br4N14/c1-18-11-24(36)28(25(37)12-18)46-34-50-30(48-32(52-34)44-22-7-3-20(15-40)4-8-22)42-17-43-31-49-33(45-23-9-5-21(16-41)6-10-23)53-35(51-31)47-29-26(38)13-19(2)14-27(29)39/h3-14H,17H2,1-2H3,(H3,42,44,46,48,50,52)(H3,43,45,47,49,51,53). The molecular formula is C35H26Br4N14. The van der Waals surface area contributed by atoms with Gasteiger partial charge in [0.05, 0.1) is 41.3 Å². The fraction of sp³-hybridized carbons (Fsp3) is 0.0857. The summed E-state index contributed by atoms with van der Waals surface area (Å²) in [6.45, 7) is 4.10. The van der Waals surface area contributed by atoms with Crippen LogP contribution in [0.5, 0.6) is 0 Å². The highest BCUT2D eigenvalue weighted by molar-refractivity contribution is 9.11. The summed E-state index contributed by atoms with van der Waals surface area (Å²) in [5.74, 6) is 1.51. The van der Waals surface area contributed by atoms with Crippen LogP contribution < -0.4 is 31.9 Å². The molecule has 2 heterocycles. The lowest BCUT2D eigenvalue weighted by Gasteiger charge is -2.15. The number of benzene rings is 4. The number of aryl methyl sites for hydroxylation is 2. The van der Waals surface area contributed by atoms with Gasteiger partial charge in [-0.25, -0.2) is 0 Å². The van der Waals surface area contributed by atoms with Crippen molar-refractivity contribution in [1.82, 2.24) is 29.9 Å². The van der Waals surface area contributed by atoms with Crippen LogP contribution in [0.1, 0.15) is 22.3 Å². The maximum atomic E-state index is 9.20. The van der Waals surface area contributed by atoms with E-state index in [2.05, 4.69) is 138 Å². The number of hydrogen-bond acceptors (Lipinski definition) is 14. The number of anilines is 10. The van der Waals surface area contributed by atoms with Gasteiger partial charge in [0.15, 0.2) is 0 Å². The van der Waals surface area contributed by atoms with Crippen LogP contribution in [0.4, 0.5) is 58.4 Å². The van der Waals surface area contributed by atoms with Gasteiger partial charge in [-0.15, -0.1) is 0 Å². The zero-order chi connectivity index (χ0) is 37.5. The normalized spacial score (nSPS) is 10.5. The molecule has 0 aliphatic carbocycles. The van der Waals surface area contributed by atoms with Crippen LogP contribution in [0.3, 0.4) is 0 Å². The Hall–Kier alpha value is -5.40. The van der Waals surface area contributed by atoms with Crippen LogP contribution in [-0.4, -0.2) is 36.6 Å². The Kier molecular flexibility index (Phi) is 12.0. The molecule has 53 heavy (non-hydrogen) atoms. The Morgan fingerprint density at radius 1 is 0.472 bits per heavy atom. The first-order chi connectivity index (χ1) is 25.5. The van der Waals surface area contributed by atoms with E-state index >= 15 is 0 Å². The number of halogens is 4. The second kappa shape index (κ2) is 17.0. The van der Waals surface area contributed by atoms with Crippen molar-refractivity contribution in [3.05, 3.63) is 113 Å². The molecule has 6 rings (SSSR count). The van der Waals surface area contributed by atoms with Crippen LogP contribution >= 0.6 is 63.7 Å². The van der Waals surface area contributed by atoms with E-state index in [-0.39, 0.29) is 42.4 Å². The first kappa shape index (κ1) is 37.4. The monoisotopic (exact) mass is 958 g/mol. The molecule has 0 aliphatic rings. The molecule has 0 aliphatic heterocycles. The Balaban J connectivity index is 1.27. The van der Waals surface area contributed by atoms with Gasteiger partial charge in [-0.05, 0) is 161 Å². The molecule has 6 aromatic rings. The minimum atomic E-state index is 0.107. The summed E-state index contributed by atoms with van der Waals surface area (Å²) < 4.78 is 3.27. The summed E-state index contributed by atoms with van der Waals surface area (Å²) in [5, 5.41) is 37.6. The Bertz CT molecular complexity index is 2160. The maximum absolute atomic E-state index is 9.20. The number of rotatable bonds is 12. The largest absolute Gasteiger partial charge is 0.337 e. The summed E-state index contributed by atoms with van der Waals surface area (Å²) in [7, 11) is 0. The van der Waals surface area contributed by atoms with Crippen molar-refractivity contribution in [3.8, 4) is 12.1 Å². The van der Waals surface area contributed by atoms with Gasteiger partial charge in [0.25, 0.3) is 0 Å². The molecule has 2 aromatic heterocycles. The van der Waals surface area contributed by atoms with E-state index in [1.807, 2.05) is 38.1 Å². The summed E-state index contributed by atoms with van der Waals surface area (Å²) in [5.41, 5.74) is 6.01. The molecule has 0 bridgehead atoms. The quantitative estimate of drug-likeness (QED) is 0.0634. The van der Waals surface area contributed by atoms with Crippen molar-refractivity contribution in [1.29, 1.82) is 10.5 Å². The molecule has 0 spiro atoms. The predicted molar refractivity (Wildman–Crippen MR) is 220 cm³/mol. The Morgan fingerprint density at radius 3 is 1.09 bits per heavy atom. The molecule has 14 nitrogen and oxygen atoms in total. The number of nitrogens with one attached hydrogen (secondary N) is 6. The van der Waals surface area contributed by atoms with Crippen molar-refractivity contribution < 1.29 is 0 Å². The topological polar surface area (TPSA) is 197 Å². The van der Waals surface area contributed by atoms with Gasteiger partial charge < -0.3 is 31.9 Å². The van der Waals surface area contributed by atoms with Crippen molar-refractivity contribution in [3.63, 3.8) is 0 Å². The lowest BCUT2D eigenvalue weighted by Crippen LogP contribution is -2.18. The molecule has 0 radical (unpaired) electrons. The number of aromatic nitrogens is 6. The summed E-state index contributed by atoms with van der Waals surface area (Å²) in [6.07, 6.45) is 0. The minimum Gasteiger partial charge on any atom is -0.337 e. The van der Waals surface area contributed by atoms with Gasteiger partial charge in [-0.1, -0.05) is 0 Å². The molecule has 18 heteroatoms. The van der Waals surface area contributed by atoms with Gasteiger partial charge in [0.2, 0.25) is 35.7 Å². The SMILES string of the molecule is Cc1cc(Br)c(Nc2nc(NCNc3nc(Nc4ccc(C#N)cc4)nc(Nc4c(Br)cc(C)cc4Br)n3)nc(Nc3ccc(C#N)cc3)n2)c(Br)c1. The molecule has 0 atom stereocenters. The Morgan fingerprint density at radius 2 is 0.774 bits per heavy atom. The van der Waals surface area contributed by atoms with Crippen LogP contribution in [0.2, 0.25) is 0 Å². The lowest BCUT2D eigenvalue weighted by molar-refractivity contribution is 1.00. The van der Waals surface area contributed by atoms with E-state index in [4.69, 9.17) is 0 Å². The highest BCUT2D eigenvalue weighted by Gasteiger charge is 2.15. The van der Waals surface area contributed by atoms with Gasteiger partial charge in [-0.2, -0.15) is 40.4 Å². The molecule has 0 unspecified atom stereocenters. The predicted octanol–water partition coefficient (Wildman–Crippen LogP) is 9.92. The first-order valence-electron chi connectivity index (χ1n) is 15.5. The molecule has 0 saturated heterocycles. The third-order valence-electron chi connectivity index (χ3n) is 7.15. The maximum Gasteiger partial charge on any atom is 0.233 e. The second-order valence-corrected chi connectivity index (χ2v) is 14.6. The van der Waals surface area contributed by atoms with E-state index < -0.39 is 0 Å². The zero-order valence-corrected chi connectivity index (χ0v) is 34.1. The van der Waals surface area contributed by atoms with Crippen LogP contribution in [0.25, 0.3) is 0 Å². The van der Waals surface area contributed by atoms with Crippen LogP contribution in [-0.2, 0) is 0 Å². The van der Waals surface area contributed by atoms with Gasteiger partial charge in [0, 0.05) is 29.3 Å². The fourth-order valence-electron chi connectivity index (χ4n) is 4.71. The third kappa shape index (κ3) is 9.93. The molecule has 6 N–H and O–H groups in total. The highest BCUT2D eigenvalue weighted by Crippen LogP contribution is 2.35. The van der Waals surface area contributed by atoms with E-state index in [1.54, 1.807) is 48.5 Å². The van der Waals surface area contributed by atoms with Crippen molar-refractivity contribution in [2.45, 2.75) is 13.8 Å². The smallest absolute Gasteiger partial charge is 0.233 e. The van der Waals surface area contributed by atoms with Crippen molar-refractivity contribution in [2.24, 2.45) is 0 Å². The van der Waals surface area contributed by atoms with Gasteiger partial charge in [0.1, 0.15) is 0 Å². The summed E-state index contributed by atoms with van der Waals surface area (Å²) >= 11 is 14.5. The summed E-state index contributed by atoms with van der Waals surface area (Å²) in [4.78, 5) is 27.5. The van der Waals surface area contributed by atoms with E-state index in [0.717, 1.165) is 40.4 Å². The van der Waals surface area contributed by atoms with E-state index in [1.165, 1.54) is 0 Å². The van der Waals surface area contributed by atoms with E-state index in [9.17, 15) is 10.5 Å². The minimum absolute atomic E-state index is 0.107. The van der Waals surface area contributed by atoms with Gasteiger partial charge in [-0.3, -0.25) is 0 Å². The average molecular weight is 962 g/mol. The summed E-state index contributed by atoms with van der Waals surface area (Å²) in [6, 6.07) is 26.0. The Labute approximate surface area is 337 Å². The zero-order valence-electron chi connectivity index (χ0n) is 27.7. The number of nitriles is 2. The third-order valence-corrected chi connectivity index (χ3v) is 9.65. The molecule has 0 amide bonds. The molecule has 0 saturated carbocycles. The molecule has 4 aromatic carbocycles. The van der Waals surface area contributed by atoms with Crippen LogP contribution in [0.15, 0.2) is 90.7 Å². The van der Waals surface area contributed by atoms with Gasteiger partial charge >= 0.3 is 0 Å². The molecule has 264 valence electrons. The van der Waals surface area contributed by atoms with E-state index in [0.29, 0.717) is 22.5 Å². The second-order valence-electron chi connectivity index (χ2n) is 11.2. The number of nitrogens with zero attached hydrogens (tertiary/aromatic N) is 8. The average Bonchev–Trinajstić information content (AvgIpc) is 3.12. The number of hydrogen-bond donors (Lipinski definition) is 6. The van der Waals surface area contributed by atoms with Crippen molar-refractivity contribution >= 4 is 122 Å². The fourth-order valence-corrected chi connectivity index (χ4v) is 7.94. The highest BCUT2D eigenvalue weighted by atomic mass is 79.9. The lowest BCUT2D eigenvalue weighted by atomic mass is 10.2. The first-order valence-corrected chi connectivity index (χ1v) is 18.7. The van der Waals surface area contributed by atoms with Crippen molar-refractivity contribution in [2.75, 3.05) is 38.6 Å². The van der Waals surface area contributed by atoms with Crippen LogP contribution in [0, 0.1) is 36.5 Å². The molecular weight excluding hydrogens is 936 g/mol.